The average molecular weight is 464 g/mol. The second-order valence-corrected chi connectivity index (χ2v) is 9.18. The van der Waals surface area contributed by atoms with Crippen LogP contribution in [-0.4, -0.2) is 15.7 Å². The zero-order valence-electron chi connectivity index (χ0n) is 17.4. The summed E-state index contributed by atoms with van der Waals surface area (Å²) in [6.07, 6.45) is 6.95. The molecule has 0 saturated carbocycles. The molecule has 0 fully saturated rings. The van der Waals surface area contributed by atoms with E-state index in [9.17, 15) is 4.79 Å². The fourth-order valence-electron chi connectivity index (χ4n) is 3.88. The molecular formula is C25H22ClN3O2S. The van der Waals surface area contributed by atoms with Gasteiger partial charge >= 0.3 is 0 Å². The highest BCUT2D eigenvalue weighted by molar-refractivity contribution is 7.12. The molecule has 5 rings (SSSR count). The first-order valence-electron chi connectivity index (χ1n) is 10.5. The molecule has 0 atom stereocenters. The van der Waals surface area contributed by atoms with Crippen LogP contribution in [0.4, 0.5) is 5.69 Å². The number of carbonyl (C=O) groups is 1. The largest absolute Gasteiger partial charge is 0.489 e. The van der Waals surface area contributed by atoms with Crippen LogP contribution in [-0.2, 0) is 26.0 Å². The number of benzene rings is 2. The normalized spacial score (nSPS) is 12.5. The molecule has 1 amide bonds. The molecule has 0 bridgehead atoms. The third kappa shape index (κ3) is 4.71. The van der Waals surface area contributed by atoms with E-state index in [4.69, 9.17) is 16.3 Å². The van der Waals surface area contributed by atoms with Gasteiger partial charge in [0.05, 0.1) is 23.3 Å². The maximum atomic E-state index is 12.7. The first kappa shape index (κ1) is 20.8. The number of amides is 1. The molecule has 0 spiro atoms. The van der Waals surface area contributed by atoms with Crippen molar-refractivity contribution in [1.29, 1.82) is 0 Å². The van der Waals surface area contributed by atoms with Gasteiger partial charge < -0.3 is 10.1 Å². The van der Waals surface area contributed by atoms with Crippen LogP contribution in [0.2, 0.25) is 5.02 Å². The Morgan fingerprint density at radius 1 is 1.16 bits per heavy atom. The number of rotatable bonds is 7. The molecule has 0 radical (unpaired) electrons. The number of hydrogen-bond donors (Lipinski definition) is 1. The van der Waals surface area contributed by atoms with E-state index in [0.29, 0.717) is 28.7 Å². The lowest BCUT2D eigenvalue weighted by Gasteiger charge is -2.07. The topological polar surface area (TPSA) is 56.2 Å². The van der Waals surface area contributed by atoms with Crippen molar-refractivity contribution in [3.8, 4) is 5.75 Å². The predicted molar refractivity (Wildman–Crippen MR) is 128 cm³/mol. The van der Waals surface area contributed by atoms with E-state index in [-0.39, 0.29) is 5.91 Å². The smallest absolute Gasteiger partial charge is 0.265 e. The highest BCUT2D eigenvalue weighted by atomic mass is 35.5. The second kappa shape index (κ2) is 9.18. The zero-order chi connectivity index (χ0) is 21.9. The van der Waals surface area contributed by atoms with Crippen LogP contribution in [0.3, 0.4) is 0 Å². The Balaban J connectivity index is 1.17. The monoisotopic (exact) mass is 463 g/mol. The van der Waals surface area contributed by atoms with Gasteiger partial charge in [0.25, 0.3) is 5.91 Å². The Morgan fingerprint density at radius 2 is 2.03 bits per heavy atom. The summed E-state index contributed by atoms with van der Waals surface area (Å²) < 4.78 is 7.70. The molecule has 0 saturated heterocycles. The van der Waals surface area contributed by atoms with E-state index >= 15 is 0 Å². The second-order valence-electron chi connectivity index (χ2n) is 7.86. The Hall–Kier alpha value is -3.09. The Bertz CT molecular complexity index is 1260. The van der Waals surface area contributed by atoms with Crippen LogP contribution >= 0.6 is 22.9 Å². The van der Waals surface area contributed by atoms with Crippen molar-refractivity contribution in [1.82, 2.24) is 9.78 Å². The number of carbonyl (C=O) groups excluding carboxylic acids is 1. The van der Waals surface area contributed by atoms with Crippen molar-refractivity contribution in [2.45, 2.75) is 32.4 Å². The average Bonchev–Trinajstić information content (AvgIpc) is 3.54. The molecular weight excluding hydrogens is 442 g/mol. The first-order chi connectivity index (χ1) is 15.6. The molecule has 4 aromatic rings. The Labute approximate surface area is 195 Å². The Kier molecular flexibility index (Phi) is 5.97. The van der Waals surface area contributed by atoms with E-state index in [1.54, 1.807) is 17.1 Å². The van der Waals surface area contributed by atoms with Crippen LogP contribution < -0.4 is 10.1 Å². The lowest BCUT2D eigenvalue weighted by Crippen LogP contribution is -2.09. The zero-order valence-corrected chi connectivity index (χ0v) is 19.0. The lowest BCUT2D eigenvalue weighted by molar-refractivity contribution is 0.103. The van der Waals surface area contributed by atoms with Gasteiger partial charge in [-0.25, -0.2) is 0 Å². The Morgan fingerprint density at radius 3 is 2.94 bits per heavy atom. The molecule has 5 nitrogen and oxygen atoms in total. The highest BCUT2D eigenvalue weighted by Gasteiger charge is 2.13. The fourth-order valence-corrected chi connectivity index (χ4v) is 4.87. The number of nitrogens with one attached hydrogen (secondary N) is 1. The molecule has 1 N–H and O–H groups in total. The van der Waals surface area contributed by atoms with Crippen molar-refractivity contribution in [3.63, 3.8) is 0 Å². The molecule has 7 heteroatoms. The molecule has 0 aliphatic heterocycles. The van der Waals surface area contributed by atoms with Crippen LogP contribution in [0.5, 0.6) is 5.75 Å². The minimum Gasteiger partial charge on any atom is -0.489 e. The summed E-state index contributed by atoms with van der Waals surface area (Å²) in [4.78, 5) is 13.3. The number of thiophene rings is 1. The molecule has 2 heterocycles. The van der Waals surface area contributed by atoms with Crippen molar-refractivity contribution in [2.75, 3.05) is 5.32 Å². The quantitative estimate of drug-likeness (QED) is 0.367. The standard InChI is InChI=1S/C25H22ClN3O2S/c26-23-7-2-1-4-20(23)13-29-14-21(12-27-29)28-25(30)24-10-17(16-32-24)15-31-22-9-8-18-5-3-6-19(18)11-22/h1-2,4,7-12,14,16H,3,5-6,13,15H2,(H,28,30). The van der Waals surface area contributed by atoms with E-state index in [2.05, 4.69) is 22.5 Å². The van der Waals surface area contributed by atoms with Crippen molar-refractivity contribution >= 4 is 34.5 Å². The summed E-state index contributed by atoms with van der Waals surface area (Å²) in [7, 11) is 0. The number of hydrogen-bond acceptors (Lipinski definition) is 4. The van der Waals surface area contributed by atoms with Gasteiger partial charge in [0.2, 0.25) is 0 Å². The van der Waals surface area contributed by atoms with Gasteiger partial charge in [-0.05, 0) is 65.6 Å². The summed E-state index contributed by atoms with van der Waals surface area (Å²) in [5.74, 6) is 0.727. The SMILES string of the molecule is O=C(Nc1cnn(Cc2ccccc2Cl)c1)c1cc(COc2ccc3c(c2)CCC3)cs1. The van der Waals surface area contributed by atoms with Gasteiger partial charge in [0, 0.05) is 16.8 Å². The minimum absolute atomic E-state index is 0.156. The number of aromatic nitrogens is 2. The minimum atomic E-state index is -0.156. The van der Waals surface area contributed by atoms with Gasteiger partial charge in [-0.3, -0.25) is 9.48 Å². The fraction of sp³-hybridized carbons (Fsp3) is 0.200. The van der Waals surface area contributed by atoms with E-state index in [1.165, 1.54) is 28.9 Å². The van der Waals surface area contributed by atoms with Crippen LogP contribution in [0.25, 0.3) is 0 Å². The highest BCUT2D eigenvalue weighted by Crippen LogP contribution is 2.27. The summed E-state index contributed by atoms with van der Waals surface area (Å²) in [6.45, 7) is 0.983. The molecule has 32 heavy (non-hydrogen) atoms. The molecule has 0 unspecified atom stereocenters. The van der Waals surface area contributed by atoms with Gasteiger partial charge in [-0.15, -0.1) is 11.3 Å². The number of halogens is 1. The van der Waals surface area contributed by atoms with E-state index in [0.717, 1.165) is 29.7 Å². The molecule has 162 valence electrons. The van der Waals surface area contributed by atoms with E-state index < -0.39 is 0 Å². The van der Waals surface area contributed by atoms with Crippen LogP contribution in [0.15, 0.2) is 66.3 Å². The van der Waals surface area contributed by atoms with Crippen molar-refractivity contribution < 1.29 is 9.53 Å². The van der Waals surface area contributed by atoms with Gasteiger partial charge in [-0.1, -0.05) is 35.9 Å². The van der Waals surface area contributed by atoms with Crippen LogP contribution in [0, 0.1) is 0 Å². The van der Waals surface area contributed by atoms with Crippen molar-refractivity contribution in [2.24, 2.45) is 0 Å². The lowest BCUT2D eigenvalue weighted by atomic mass is 10.1. The third-order valence-corrected chi connectivity index (χ3v) is 6.88. The number of fused-ring (bicyclic) bond motifs is 1. The van der Waals surface area contributed by atoms with Crippen molar-refractivity contribution in [3.05, 3.63) is 98.5 Å². The predicted octanol–water partition coefficient (Wildman–Crippen LogP) is 5.97. The number of nitrogens with zero attached hydrogens (tertiary/aromatic N) is 2. The maximum absolute atomic E-state index is 12.7. The van der Waals surface area contributed by atoms with Crippen LogP contribution in [0.1, 0.15) is 38.3 Å². The summed E-state index contributed by atoms with van der Waals surface area (Å²) in [5, 5.41) is 9.89. The summed E-state index contributed by atoms with van der Waals surface area (Å²) >= 11 is 7.62. The third-order valence-electron chi connectivity index (χ3n) is 5.53. The number of aryl methyl sites for hydroxylation is 2. The van der Waals surface area contributed by atoms with Gasteiger partial charge in [-0.2, -0.15) is 5.10 Å². The first-order valence-corrected chi connectivity index (χ1v) is 11.8. The summed E-state index contributed by atoms with van der Waals surface area (Å²) in [6, 6.07) is 15.9. The molecule has 2 aromatic carbocycles. The maximum Gasteiger partial charge on any atom is 0.265 e. The summed E-state index contributed by atoms with van der Waals surface area (Å²) in [5.41, 5.74) is 5.42. The number of anilines is 1. The molecule has 1 aliphatic rings. The molecule has 2 aromatic heterocycles. The molecule has 1 aliphatic carbocycles. The number of ether oxygens (including phenoxy) is 1. The van der Waals surface area contributed by atoms with Gasteiger partial charge in [0.15, 0.2) is 0 Å². The van der Waals surface area contributed by atoms with Gasteiger partial charge in [0.1, 0.15) is 12.4 Å². The van der Waals surface area contributed by atoms with E-state index in [1.807, 2.05) is 41.8 Å².